The number of benzene rings is 3. The van der Waals surface area contributed by atoms with Crippen molar-refractivity contribution in [3.8, 4) is 11.5 Å². The first-order valence-corrected chi connectivity index (χ1v) is 18.3. The van der Waals surface area contributed by atoms with E-state index in [1.165, 1.54) is 31.6 Å². The van der Waals surface area contributed by atoms with Gasteiger partial charge in [-0.05, 0) is 74.0 Å². The fraction of sp³-hybridized carbons (Fsp3) is 0.371. The Hall–Kier alpha value is -3.65. The number of piperazine rings is 1. The number of methoxy groups -OCH3 is 2. The van der Waals surface area contributed by atoms with Gasteiger partial charge in [0.1, 0.15) is 17.8 Å². The van der Waals surface area contributed by atoms with Crippen molar-refractivity contribution in [1.82, 2.24) is 19.7 Å². The van der Waals surface area contributed by atoms with Crippen LogP contribution in [-0.4, -0.2) is 88.0 Å². The van der Waals surface area contributed by atoms with Gasteiger partial charge in [0.2, 0.25) is 5.89 Å². The molecule has 2 atom stereocenters. The number of anilines is 1. The number of likely N-dealkylation sites (tertiary alicyclic amines) is 1. The van der Waals surface area contributed by atoms with Crippen molar-refractivity contribution in [2.45, 2.75) is 35.9 Å². The maximum atomic E-state index is 15.6. The largest absolute Gasteiger partial charge is 0.497 e. The standard InChI is InChI=1S/C35H37Cl2N5O6S/c1-39-14-16-40(17-15-39)22-23-6-11-32(47-3)27(19-23)35(41-13-4-5-30(41)33-38-12-18-48-33)26-20-28(36)29(37)21-31(26)42(34(35)43)49(44,45)25-9-7-24(46-2)8-10-25/h6-12,18-21,30H,4-5,13-17,22H2,1-3H3. The highest BCUT2D eigenvalue weighted by Crippen LogP contribution is 2.57. The molecule has 4 aromatic rings. The van der Waals surface area contributed by atoms with E-state index in [4.69, 9.17) is 37.1 Å². The van der Waals surface area contributed by atoms with Gasteiger partial charge in [0, 0.05) is 50.4 Å². The van der Waals surface area contributed by atoms with Crippen molar-refractivity contribution < 1.29 is 27.1 Å². The van der Waals surface area contributed by atoms with Crippen LogP contribution in [0.5, 0.6) is 11.5 Å². The molecule has 0 N–H and O–H groups in total. The number of hydrogen-bond acceptors (Lipinski definition) is 10. The number of hydrogen-bond donors (Lipinski definition) is 0. The van der Waals surface area contributed by atoms with Crippen LogP contribution in [0.3, 0.4) is 0 Å². The summed E-state index contributed by atoms with van der Waals surface area (Å²) in [4.78, 5) is 26.7. The summed E-state index contributed by atoms with van der Waals surface area (Å²) in [5.41, 5.74) is 0.217. The summed E-state index contributed by atoms with van der Waals surface area (Å²) in [6, 6.07) is 14.3. The fourth-order valence-corrected chi connectivity index (χ4v) is 9.15. The van der Waals surface area contributed by atoms with E-state index in [9.17, 15) is 8.42 Å². The lowest BCUT2D eigenvalue weighted by atomic mass is 9.80. The number of nitrogens with zero attached hydrogens (tertiary/aromatic N) is 5. The third-order valence-electron chi connectivity index (χ3n) is 9.81. The van der Waals surface area contributed by atoms with Crippen LogP contribution in [0, 0.1) is 0 Å². The van der Waals surface area contributed by atoms with Gasteiger partial charge in [0.15, 0.2) is 5.54 Å². The Balaban J connectivity index is 1.48. The van der Waals surface area contributed by atoms with Crippen LogP contribution >= 0.6 is 23.2 Å². The molecule has 3 aliphatic heterocycles. The van der Waals surface area contributed by atoms with Gasteiger partial charge >= 0.3 is 0 Å². The van der Waals surface area contributed by atoms with Gasteiger partial charge < -0.3 is 18.8 Å². The van der Waals surface area contributed by atoms with Crippen molar-refractivity contribution in [1.29, 1.82) is 0 Å². The van der Waals surface area contributed by atoms with Gasteiger partial charge in [-0.25, -0.2) is 17.7 Å². The fourth-order valence-electron chi connectivity index (χ4n) is 7.37. The highest BCUT2D eigenvalue weighted by Gasteiger charge is 2.63. The number of aromatic nitrogens is 1. The summed E-state index contributed by atoms with van der Waals surface area (Å²) >= 11 is 13.3. The third-order valence-corrected chi connectivity index (χ3v) is 12.2. The molecule has 4 heterocycles. The lowest BCUT2D eigenvalue weighted by Gasteiger charge is -2.41. The Morgan fingerprint density at radius 1 is 0.939 bits per heavy atom. The molecule has 0 bridgehead atoms. The molecule has 2 fully saturated rings. The molecule has 2 saturated heterocycles. The minimum Gasteiger partial charge on any atom is -0.497 e. The zero-order chi connectivity index (χ0) is 34.5. The van der Waals surface area contributed by atoms with Crippen molar-refractivity contribution in [3.05, 3.63) is 99.7 Å². The Bertz CT molecular complexity index is 1970. The number of carbonyl (C=O) groups is 1. The predicted octanol–water partition coefficient (Wildman–Crippen LogP) is 5.56. The van der Waals surface area contributed by atoms with Gasteiger partial charge in [-0.3, -0.25) is 14.6 Å². The van der Waals surface area contributed by atoms with Crippen molar-refractivity contribution in [3.63, 3.8) is 0 Å². The molecule has 11 nitrogen and oxygen atoms in total. The van der Waals surface area contributed by atoms with Crippen molar-refractivity contribution in [2.24, 2.45) is 0 Å². The predicted molar refractivity (Wildman–Crippen MR) is 186 cm³/mol. The van der Waals surface area contributed by atoms with E-state index in [0.717, 1.165) is 36.0 Å². The molecular formula is C35H37Cl2N5O6S. The highest BCUT2D eigenvalue weighted by molar-refractivity contribution is 7.93. The summed E-state index contributed by atoms with van der Waals surface area (Å²) < 4.78 is 47.3. The molecule has 7 rings (SSSR count). The first kappa shape index (κ1) is 33.8. The van der Waals surface area contributed by atoms with Crippen LogP contribution in [0.15, 0.2) is 76.4 Å². The lowest BCUT2D eigenvalue weighted by Crippen LogP contribution is -2.54. The number of carbonyl (C=O) groups excluding carboxylic acids is 1. The lowest BCUT2D eigenvalue weighted by molar-refractivity contribution is -0.127. The number of sulfonamides is 1. The summed E-state index contributed by atoms with van der Waals surface area (Å²) in [7, 11) is 0.664. The molecule has 0 aliphatic carbocycles. The van der Waals surface area contributed by atoms with E-state index in [-0.39, 0.29) is 20.6 Å². The molecule has 0 radical (unpaired) electrons. The Morgan fingerprint density at radius 3 is 2.35 bits per heavy atom. The number of fused-ring (bicyclic) bond motifs is 1. The summed E-state index contributed by atoms with van der Waals surface area (Å²) in [6.45, 7) is 4.75. The van der Waals surface area contributed by atoms with Crippen LogP contribution in [0.1, 0.15) is 41.5 Å². The Morgan fingerprint density at radius 2 is 1.67 bits per heavy atom. The Kier molecular flexibility index (Phi) is 9.14. The second-order valence-electron chi connectivity index (χ2n) is 12.6. The number of ether oxygens (including phenoxy) is 2. The number of rotatable bonds is 9. The number of halogens is 2. The van der Waals surface area contributed by atoms with Crippen molar-refractivity contribution in [2.75, 3.05) is 58.3 Å². The molecule has 1 amide bonds. The average molecular weight is 727 g/mol. The number of likely N-dealkylation sites (N-methyl/N-ethyl adjacent to an activating group) is 1. The van der Waals surface area contributed by atoms with Gasteiger partial charge in [0.25, 0.3) is 15.9 Å². The van der Waals surface area contributed by atoms with E-state index < -0.39 is 27.5 Å². The van der Waals surface area contributed by atoms with E-state index >= 15 is 4.79 Å². The molecule has 1 aromatic heterocycles. The van der Waals surface area contributed by atoms with Crippen LogP contribution < -0.4 is 13.8 Å². The van der Waals surface area contributed by atoms with Crippen LogP contribution in [-0.2, 0) is 26.9 Å². The second kappa shape index (κ2) is 13.2. The molecule has 49 heavy (non-hydrogen) atoms. The first-order valence-electron chi connectivity index (χ1n) is 16.1. The zero-order valence-corrected chi connectivity index (χ0v) is 29.8. The highest BCUT2D eigenvalue weighted by atomic mass is 35.5. The van der Waals surface area contributed by atoms with Crippen LogP contribution in [0.25, 0.3) is 0 Å². The van der Waals surface area contributed by atoms with E-state index in [0.29, 0.717) is 54.4 Å². The third kappa shape index (κ3) is 5.68. The molecule has 0 saturated carbocycles. The monoisotopic (exact) mass is 725 g/mol. The maximum absolute atomic E-state index is 15.6. The normalized spacial score (nSPS) is 22.1. The van der Waals surface area contributed by atoms with Crippen LogP contribution in [0.4, 0.5) is 5.69 Å². The smallest absolute Gasteiger partial charge is 0.271 e. The summed E-state index contributed by atoms with van der Waals surface area (Å²) in [5.74, 6) is 0.624. The molecular weight excluding hydrogens is 689 g/mol. The number of amides is 1. The topological polar surface area (TPSA) is 109 Å². The molecule has 14 heteroatoms. The van der Waals surface area contributed by atoms with Crippen LogP contribution in [0.2, 0.25) is 10.0 Å². The molecule has 3 aliphatic rings. The molecule has 258 valence electrons. The Labute approximate surface area is 296 Å². The quantitative estimate of drug-likeness (QED) is 0.218. The van der Waals surface area contributed by atoms with E-state index in [1.807, 2.05) is 23.1 Å². The second-order valence-corrected chi connectivity index (χ2v) is 15.2. The minimum absolute atomic E-state index is 0.0871. The van der Waals surface area contributed by atoms with Gasteiger partial charge in [-0.15, -0.1) is 0 Å². The summed E-state index contributed by atoms with van der Waals surface area (Å²) in [6.07, 6.45) is 4.39. The van der Waals surface area contributed by atoms with E-state index in [2.05, 4.69) is 21.8 Å². The van der Waals surface area contributed by atoms with Gasteiger partial charge in [0.05, 0.1) is 47.1 Å². The number of oxazole rings is 1. The first-order chi connectivity index (χ1) is 23.6. The molecule has 2 unspecified atom stereocenters. The SMILES string of the molecule is COc1ccc(S(=O)(=O)N2C(=O)C(c3cc(CN4CCN(C)CC4)ccc3OC)(N3CCCC3c3ncco3)c3cc(Cl)c(Cl)cc32)cc1. The van der Waals surface area contributed by atoms with Gasteiger partial charge in [-0.1, -0.05) is 29.3 Å². The molecule has 3 aromatic carbocycles. The molecule has 0 spiro atoms. The average Bonchev–Trinajstić information content (AvgIpc) is 3.86. The van der Waals surface area contributed by atoms with Crippen molar-refractivity contribution >= 4 is 44.8 Å². The maximum Gasteiger partial charge on any atom is 0.271 e. The minimum atomic E-state index is -4.49. The summed E-state index contributed by atoms with van der Waals surface area (Å²) in [5, 5.41) is 0.293. The van der Waals surface area contributed by atoms with Gasteiger partial charge in [-0.2, -0.15) is 0 Å². The zero-order valence-electron chi connectivity index (χ0n) is 27.4. The van der Waals surface area contributed by atoms with E-state index in [1.54, 1.807) is 31.5 Å².